The fourth-order valence-electron chi connectivity index (χ4n) is 1.44. The molecule has 1 aromatic carbocycles. The minimum atomic E-state index is -4.84. The van der Waals surface area contributed by atoms with Crippen LogP contribution < -0.4 is 0 Å². The van der Waals surface area contributed by atoms with Gasteiger partial charge in [0.2, 0.25) is 0 Å². The van der Waals surface area contributed by atoms with Gasteiger partial charge in [-0.05, 0) is 12.1 Å². The standard InChI is InChI=1S/C11H8F5NO3/c12-7-1-6(2-8(13)3-7)10(20)17(4-9(18)19)5-11(14,15)16/h1-3H,4-5H2,(H,18,19). The Morgan fingerprint density at radius 3 is 2.00 bits per heavy atom. The van der Waals surface area contributed by atoms with Gasteiger partial charge in [-0.3, -0.25) is 9.59 Å². The number of amides is 1. The first-order chi connectivity index (χ1) is 9.08. The lowest BCUT2D eigenvalue weighted by Crippen LogP contribution is -2.42. The third-order valence-electron chi connectivity index (χ3n) is 2.09. The van der Waals surface area contributed by atoms with Gasteiger partial charge < -0.3 is 10.0 Å². The van der Waals surface area contributed by atoms with E-state index in [-0.39, 0.29) is 4.90 Å². The zero-order valence-corrected chi connectivity index (χ0v) is 9.75. The molecule has 1 N–H and O–H groups in total. The van der Waals surface area contributed by atoms with Gasteiger partial charge >= 0.3 is 12.1 Å². The summed E-state index contributed by atoms with van der Waals surface area (Å²) >= 11 is 0. The number of hydrogen-bond donors (Lipinski definition) is 1. The number of aliphatic carboxylic acids is 1. The van der Waals surface area contributed by atoms with Crippen LogP contribution in [0.5, 0.6) is 0 Å². The summed E-state index contributed by atoms with van der Waals surface area (Å²) in [6.45, 7) is -3.08. The van der Waals surface area contributed by atoms with Gasteiger partial charge in [0.15, 0.2) is 0 Å². The Kier molecular flexibility index (Phi) is 4.64. The highest BCUT2D eigenvalue weighted by molar-refractivity contribution is 5.95. The normalized spacial score (nSPS) is 11.2. The summed E-state index contributed by atoms with van der Waals surface area (Å²) in [4.78, 5) is 22.1. The molecule has 0 saturated carbocycles. The fourth-order valence-corrected chi connectivity index (χ4v) is 1.44. The zero-order valence-electron chi connectivity index (χ0n) is 9.75. The molecule has 4 nitrogen and oxygen atoms in total. The Balaban J connectivity index is 3.06. The average Bonchev–Trinajstić information content (AvgIpc) is 2.23. The maximum Gasteiger partial charge on any atom is 0.406 e. The van der Waals surface area contributed by atoms with Crippen molar-refractivity contribution in [1.82, 2.24) is 4.90 Å². The SMILES string of the molecule is O=C(O)CN(CC(F)(F)F)C(=O)c1cc(F)cc(F)c1. The Labute approximate surface area is 109 Å². The van der Waals surface area contributed by atoms with E-state index in [0.717, 1.165) is 0 Å². The second kappa shape index (κ2) is 5.85. The summed E-state index contributed by atoms with van der Waals surface area (Å²) in [5, 5.41) is 8.48. The maximum absolute atomic E-state index is 12.9. The summed E-state index contributed by atoms with van der Waals surface area (Å²) in [6, 6.07) is 1.48. The van der Waals surface area contributed by atoms with Crippen LogP contribution in [0.15, 0.2) is 18.2 Å². The highest BCUT2D eigenvalue weighted by atomic mass is 19.4. The van der Waals surface area contributed by atoms with Crippen LogP contribution in [0.2, 0.25) is 0 Å². The largest absolute Gasteiger partial charge is 0.480 e. The number of carboxylic acids is 1. The Hall–Kier alpha value is -2.19. The van der Waals surface area contributed by atoms with Crippen molar-refractivity contribution in [2.75, 3.05) is 13.1 Å². The van der Waals surface area contributed by atoms with Gasteiger partial charge in [0.05, 0.1) is 0 Å². The van der Waals surface area contributed by atoms with Crippen molar-refractivity contribution in [2.45, 2.75) is 6.18 Å². The molecule has 0 aliphatic rings. The monoisotopic (exact) mass is 297 g/mol. The molecule has 0 aromatic heterocycles. The van der Waals surface area contributed by atoms with Gasteiger partial charge in [-0.25, -0.2) is 8.78 Å². The Morgan fingerprint density at radius 2 is 1.60 bits per heavy atom. The molecule has 1 amide bonds. The summed E-state index contributed by atoms with van der Waals surface area (Å²) in [5.74, 6) is -5.42. The van der Waals surface area contributed by atoms with Crippen molar-refractivity contribution in [2.24, 2.45) is 0 Å². The van der Waals surface area contributed by atoms with Crippen LogP contribution in [0.4, 0.5) is 22.0 Å². The molecule has 0 spiro atoms. The van der Waals surface area contributed by atoms with Crippen molar-refractivity contribution in [3.63, 3.8) is 0 Å². The predicted octanol–water partition coefficient (Wildman–Crippen LogP) is 2.05. The Morgan fingerprint density at radius 1 is 1.10 bits per heavy atom. The zero-order chi connectivity index (χ0) is 15.5. The minimum Gasteiger partial charge on any atom is -0.480 e. The molecular weight excluding hydrogens is 289 g/mol. The molecule has 1 aromatic rings. The van der Waals surface area contributed by atoms with E-state index in [9.17, 15) is 31.5 Å². The molecule has 0 aliphatic heterocycles. The van der Waals surface area contributed by atoms with Crippen molar-refractivity contribution < 1.29 is 36.6 Å². The number of halogens is 5. The van der Waals surface area contributed by atoms with Crippen molar-refractivity contribution in [3.8, 4) is 0 Å². The molecule has 9 heteroatoms. The molecule has 0 atom stereocenters. The third-order valence-corrected chi connectivity index (χ3v) is 2.09. The lowest BCUT2D eigenvalue weighted by Gasteiger charge is -2.22. The predicted molar refractivity (Wildman–Crippen MR) is 56.0 cm³/mol. The number of rotatable bonds is 4. The van der Waals surface area contributed by atoms with Crippen molar-refractivity contribution in [1.29, 1.82) is 0 Å². The molecule has 1 rings (SSSR count). The molecule has 110 valence electrons. The van der Waals surface area contributed by atoms with Crippen LogP contribution in [0.1, 0.15) is 10.4 Å². The van der Waals surface area contributed by atoms with Gasteiger partial charge in [0, 0.05) is 11.6 Å². The van der Waals surface area contributed by atoms with Gasteiger partial charge in [0.25, 0.3) is 5.91 Å². The maximum atomic E-state index is 12.9. The number of nitrogens with zero attached hydrogens (tertiary/aromatic N) is 1. The number of carbonyl (C=O) groups is 2. The van der Waals surface area contributed by atoms with Gasteiger partial charge in [-0.1, -0.05) is 0 Å². The molecule has 0 aliphatic carbocycles. The molecule has 0 saturated heterocycles. The van der Waals surface area contributed by atoms with Crippen molar-refractivity contribution in [3.05, 3.63) is 35.4 Å². The second-order valence-corrected chi connectivity index (χ2v) is 3.83. The smallest absolute Gasteiger partial charge is 0.406 e. The summed E-state index contributed by atoms with van der Waals surface area (Å²) in [6.07, 6.45) is -4.84. The quantitative estimate of drug-likeness (QED) is 0.865. The van der Waals surface area contributed by atoms with Crippen molar-refractivity contribution >= 4 is 11.9 Å². The van der Waals surface area contributed by atoms with Gasteiger partial charge in [-0.2, -0.15) is 13.2 Å². The van der Waals surface area contributed by atoms with Crippen LogP contribution in [0, 0.1) is 11.6 Å². The van der Waals surface area contributed by atoms with E-state index in [2.05, 4.69) is 0 Å². The van der Waals surface area contributed by atoms with Gasteiger partial charge in [-0.15, -0.1) is 0 Å². The van der Waals surface area contributed by atoms with Crippen LogP contribution in [-0.4, -0.2) is 41.1 Å². The Bertz CT molecular complexity index is 509. The molecule has 0 radical (unpaired) electrons. The molecule has 0 heterocycles. The van der Waals surface area contributed by atoms with Crippen LogP contribution >= 0.6 is 0 Å². The highest BCUT2D eigenvalue weighted by Gasteiger charge is 2.34. The van der Waals surface area contributed by atoms with E-state index in [4.69, 9.17) is 5.11 Å². The van der Waals surface area contributed by atoms with E-state index in [0.29, 0.717) is 18.2 Å². The number of carbonyl (C=O) groups excluding carboxylic acids is 1. The molecule has 20 heavy (non-hydrogen) atoms. The highest BCUT2D eigenvalue weighted by Crippen LogP contribution is 2.19. The first-order valence-electron chi connectivity index (χ1n) is 5.12. The molecular formula is C11H8F5NO3. The lowest BCUT2D eigenvalue weighted by molar-refractivity contribution is -0.149. The summed E-state index contributed by atoms with van der Waals surface area (Å²) < 4.78 is 62.6. The molecule has 0 fully saturated rings. The fraction of sp³-hybridized carbons (Fsp3) is 0.273. The topological polar surface area (TPSA) is 57.6 Å². The molecule has 0 bridgehead atoms. The van der Waals surface area contributed by atoms with Crippen LogP contribution in [0.25, 0.3) is 0 Å². The third kappa shape index (κ3) is 4.82. The van der Waals surface area contributed by atoms with E-state index in [1.165, 1.54) is 0 Å². The van der Waals surface area contributed by atoms with Crippen LogP contribution in [-0.2, 0) is 4.79 Å². The summed E-state index contributed by atoms with van der Waals surface area (Å²) in [5.41, 5.74) is -0.701. The molecule has 0 unspecified atom stereocenters. The lowest BCUT2D eigenvalue weighted by atomic mass is 10.2. The van der Waals surface area contributed by atoms with E-state index >= 15 is 0 Å². The van der Waals surface area contributed by atoms with Gasteiger partial charge in [0.1, 0.15) is 24.7 Å². The average molecular weight is 297 g/mol. The number of hydrogen-bond acceptors (Lipinski definition) is 2. The number of carboxylic acid groups (broad SMARTS) is 1. The van der Waals surface area contributed by atoms with E-state index < -0.39 is 48.3 Å². The van der Waals surface area contributed by atoms with E-state index in [1.54, 1.807) is 0 Å². The van der Waals surface area contributed by atoms with E-state index in [1.807, 2.05) is 0 Å². The summed E-state index contributed by atoms with van der Waals surface area (Å²) in [7, 11) is 0. The first-order valence-corrected chi connectivity index (χ1v) is 5.12. The first kappa shape index (κ1) is 15.9. The number of alkyl halides is 3. The minimum absolute atomic E-state index is 0.0590. The van der Waals surface area contributed by atoms with Crippen LogP contribution in [0.3, 0.4) is 0 Å². The number of benzene rings is 1. The second-order valence-electron chi connectivity index (χ2n) is 3.83.